The number of rotatable bonds is 4. The Labute approximate surface area is 106 Å². The number of methoxy groups -OCH3 is 2. The van der Waals surface area contributed by atoms with E-state index in [1.807, 2.05) is 24.3 Å². The zero-order valence-electron chi connectivity index (χ0n) is 10.3. The summed E-state index contributed by atoms with van der Waals surface area (Å²) in [6.07, 6.45) is 0. The van der Waals surface area contributed by atoms with Crippen LogP contribution in [0.15, 0.2) is 42.5 Å². The Morgan fingerprint density at radius 2 is 1.56 bits per heavy atom. The molecular weight excluding hydrogens is 230 g/mol. The number of benzene rings is 2. The van der Waals surface area contributed by atoms with Crippen LogP contribution in [0.3, 0.4) is 0 Å². The molecule has 0 aliphatic heterocycles. The quantitative estimate of drug-likeness (QED) is 0.841. The van der Waals surface area contributed by atoms with Crippen molar-refractivity contribution in [2.75, 3.05) is 20.0 Å². The van der Waals surface area contributed by atoms with Crippen molar-refractivity contribution < 1.29 is 14.2 Å². The monoisotopic (exact) mass is 245 g/mol. The van der Waals surface area contributed by atoms with Crippen LogP contribution in [-0.2, 0) is 0 Å². The molecule has 0 aliphatic rings. The number of para-hydroxylation sites is 2. The molecule has 2 N–H and O–H groups in total. The molecule has 18 heavy (non-hydrogen) atoms. The van der Waals surface area contributed by atoms with E-state index in [4.69, 9.17) is 19.9 Å². The topological polar surface area (TPSA) is 53.7 Å². The number of nitrogens with two attached hydrogens (primary N) is 1. The van der Waals surface area contributed by atoms with Gasteiger partial charge in [-0.3, -0.25) is 0 Å². The first-order chi connectivity index (χ1) is 8.74. The lowest BCUT2D eigenvalue weighted by atomic mass is 10.2. The van der Waals surface area contributed by atoms with E-state index < -0.39 is 0 Å². The van der Waals surface area contributed by atoms with E-state index in [0.717, 1.165) is 0 Å². The first-order valence-electron chi connectivity index (χ1n) is 5.49. The molecule has 0 saturated heterocycles. The average Bonchev–Trinajstić information content (AvgIpc) is 2.41. The van der Waals surface area contributed by atoms with Crippen LogP contribution in [0, 0.1) is 0 Å². The smallest absolute Gasteiger partial charge is 0.169 e. The van der Waals surface area contributed by atoms with Crippen molar-refractivity contribution in [1.82, 2.24) is 0 Å². The molecule has 2 rings (SSSR count). The fourth-order valence-corrected chi connectivity index (χ4v) is 1.57. The highest BCUT2D eigenvalue weighted by atomic mass is 16.5. The van der Waals surface area contributed by atoms with Crippen molar-refractivity contribution in [3.8, 4) is 23.0 Å². The summed E-state index contributed by atoms with van der Waals surface area (Å²) in [6, 6.07) is 12.7. The second kappa shape index (κ2) is 5.31. The molecule has 2 aromatic carbocycles. The van der Waals surface area contributed by atoms with Crippen molar-refractivity contribution in [2.24, 2.45) is 0 Å². The number of ether oxygens (including phenoxy) is 3. The van der Waals surface area contributed by atoms with E-state index in [1.165, 1.54) is 0 Å². The molecular formula is C14H15NO3. The van der Waals surface area contributed by atoms with E-state index in [0.29, 0.717) is 28.7 Å². The molecule has 0 unspecified atom stereocenters. The maximum atomic E-state index is 5.89. The van der Waals surface area contributed by atoms with Gasteiger partial charge >= 0.3 is 0 Å². The standard InChI is InChI=1S/C14H15NO3/c1-16-10-7-8-12(11(15)9-10)18-14-6-4-3-5-13(14)17-2/h3-9H,15H2,1-2H3. The van der Waals surface area contributed by atoms with Crippen LogP contribution in [0.25, 0.3) is 0 Å². The van der Waals surface area contributed by atoms with Crippen LogP contribution in [0.4, 0.5) is 5.69 Å². The van der Waals surface area contributed by atoms with Crippen LogP contribution in [0.5, 0.6) is 23.0 Å². The lowest BCUT2D eigenvalue weighted by molar-refractivity contribution is 0.378. The van der Waals surface area contributed by atoms with E-state index in [-0.39, 0.29) is 0 Å². The third-order valence-electron chi connectivity index (χ3n) is 2.51. The Kier molecular flexibility index (Phi) is 3.57. The maximum absolute atomic E-state index is 5.89. The normalized spacial score (nSPS) is 9.89. The van der Waals surface area contributed by atoms with Gasteiger partial charge in [0, 0.05) is 6.07 Å². The summed E-state index contributed by atoms with van der Waals surface area (Å²) < 4.78 is 16.0. The summed E-state index contributed by atoms with van der Waals surface area (Å²) in [5.41, 5.74) is 6.40. The van der Waals surface area contributed by atoms with E-state index in [1.54, 1.807) is 32.4 Å². The third kappa shape index (κ3) is 2.48. The van der Waals surface area contributed by atoms with Gasteiger partial charge < -0.3 is 19.9 Å². The van der Waals surface area contributed by atoms with Gasteiger partial charge in [-0.25, -0.2) is 0 Å². The van der Waals surface area contributed by atoms with Gasteiger partial charge in [-0.05, 0) is 24.3 Å². The van der Waals surface area contributed by atoms with Crippen LogP contribution < -0.4 is 19.9 Å². The zero-order valence-corrected chi connectivity index (χ0v) is 10.3. The second-order valence-electron chi connectivity index (χ2n) is 3.66. The molecule has 0 atom stereocenters. The minimum absolute atomic E-state index is 0.514. The highest BCUT2D eigenvalue weighted by molar-refractivity contribution is 5.58. The molecule has 0 spiro atoms. The minimum Gasteiger partial charge on any atom is -0.497 e. The highest BCUT2D eigenvalue weighted by Crippen LogP contribution is 2.35. The number of hydrogen-bond donors (Lipinski definition) is 1. The predicted octanol–water partition coefficient (Wildman–Crippen LogP) is 3.08. The molecule has 0 amide bonds. The first-order valence-corrected chi connectivity index (χ1v) is 5.49. The van der Waals surface area contributed by atoms with Gasteiger partial charge in [-0.15, -0.1) is 0 Å². The number of nitrogen functional groups attached to an aromatic ring is 1. The lowest BCUT2D eigenvalue weighted by Gasteiger charge is -2.12. The van der Waals surface area contributed by atoms with Crippen LogP contribution >= 0.6 is 0 Å². The third-order valence-corrected chi connectivity index (χ3v) is 2.51. The molecule has 2 aromatic rings. The molecule has 0 fully saturated rings. The van der Waals surface area contributed by atoms with Gasteiger partial charge in [-0.2, -0.15) is 0 Å². The Bertz CT molecular complexity index is 540. The van der Waals surface area contributed by atoms with Gasteiger partial charge in [0.05, 0.1) is 19.9 Å². The Morgan fingerprint density at radius 3 is 2.17 bits per heavy atom. The summed E-state index contributed by atoms with van der Waals surface area (Å²) in [7, 11) is 3.19. The molecule has 4 nitrogen and oxygen atoms in total. The maximum Gasteiger partial charge on any atom is 0.169 e. The molecule has 94 valence electrons. The number of hydrogen-bond acceptors (Lipinski definition) is 4. The van der Waals surface area contributed by atoms with E-state index in [9.17, 15) is 0 Å². The van der Waals surface area contributed by atoms with Gasteiger partial charge in [0.1, 0.15) is 5.75 Å². The summed E-state index contributed by atoms with van der Waals surface area (Å²) in [4.78, 5) is 0. The van der Waals surface area contributed by atoms with Crippen molar-refractivity contribution in [1.29, 1.82) is 0 Å². The van der Waals surface area contributed by atoms with Gasteiger partial charge in [-0.1, -0.05) is 12.1 Å². The second-order valence-corrected chi connectivity index (χ2v) is 3.66. The summed E-state index contributed by atoms with van der Waals surface area (Å²) in [6.45, 7) is 0. The van der Waals surface area contributed by atoms with Crippen molar-refractivity contribution >= 4 is 5.69 Å². The van der Waals surface area contributed by atoms with Crippen molar-refractivity contribution in [3.63, 3.8) is 0 Å². The molecule has 0 saturated carbocycles. The zero-order chi connectivity index (χ0) is 13.0. The Balaban J connectivity index is 2.28. The van der Waals surface area contributed by atoms with E-state index in [2.05, 4.69) is 0 Å². The van der Waals surface area contributed by atoms with Crippen LogP contribution in [0.1, 0.15) is 0 Å². The molecule has 4 heteroatoms. The molecule has 0 heterocycles. The van der Waals surface area contributed by atoms with Crippen molar-refractivity contribution in [3.05, 3.63) is 42.5 Å². The first kappa shape index (κ1) is 12.1. The van der Waals surface area contributed by atoms with Gasteiger partial charge in [0.15, 0.2) is 17.2 Å². The lowest BCUT2D eigenvalue weighted by Crippen LogP contribution is -1.95. The Morgan fingerprint density at radius 1 is 0.833 bits per heavy atom. The van der Waals surface area contributed by atoms with Gasteiger partial charge in [0.2, 0.25) is 0 Å². The van der Waals surface area contributed by atoms with Gasteiger partial charge in [0.25, 0.3) is 0 Å². The fraction of sp³-hybridized carbons (Fsp3) is 0.143. The predicted molar refractivity (Wildman–Crippen MR) is 70.5 cm³/mol. The van der Waals surface area contributed by atoms with Crippen LogP contribution in [0.2, 0.25) is 0 Å². The molecule has 0 aliphatic carbocycles. The van der Waals surface area contributed by atoms with Crippen LogP contribution in [-0.4, -0.2) is 14.2 Å². The minimum atomic E-state index is 0.514. The summed E-state index contributed by atoms with van der Waals surface area (Å²) in [5, 5.41) is 0. The molecule has 0 aromatic heterocycles. The average molecular weight is 245 g/mol. The van der Waals surface area contributed by atoms with E-state index >= 15 is 0 Å². The number of anilines is 1. The SMILES string of the molecule is COc1ccc(Oc2ccccc2OC)c(N)c1. The fourth-order valence-electron chi connectivity index (χ4n) is 1.57. The Hall–Kier alpha value is -2.36. The summed E-state index contributed by atoms with van der Waals surface area (Å²) in [5.74, 6) is 2.55. The largest absolute Gasteiger partial charge is 0.497 e. The molecule has 0 bridgehead atoms. The highest BCUT2D eigenvalue weighted by Gasteiger charge is 2.07. The van der Waals surface area contributed by atoms with Crippen molar-refractivity contribution in [2.45, 2.75) is 0 Å². The molecule has 0 radical (unpaired) electrons. The summed E-state index contributed by atoms with van der Waals surface area (Å²) >= 11 is 0.